The molecule has 1 amide bonds. The minimum absolute atomic E-state index is 0.0208. The maximum absolute atomic E-state index is 10.6. The highest BCUT2D eigenvalue weighted by Gasteiger charge is 2.09. The van der Waals surface area contributed by atoms with Gasteiger partial charge in [-0.3, -0.25) is 4.79 Å². The highest BCUT2D eigenvalue weighted by atomic mass is 32.2. The SMILES string of the molecule is CN1N=CCSC1=O. The summed E-state index contributed by atoms with van der Waals surface area (Å²) in [4.78, 5) is 10.6. The van der Waals surface area contributed by atoms with Crippen molar-refractivity contribution in [1.29, 1.82) is 0 Å². The van der Waals surface area contributed by atoms with Gasteiger partial charge in [0.05, 0.1) is 0 Å². The molecule has 0 saturated heterocycles. The van der Waals surface area contributed by atoms with Gasteiger partial charge in [0.1, 0.15) is 0 Å². The minimum atomic E-state index is 0.0208. The van der Waals surface area contributed by atoms with Gasteiger partial charge in [0, 0.05) is 19.0 Å². The van der Waals surface area contributed by atoms with Crippen LogP contribution in [0.4, 0.5) is 4.79 Å². The lowest BCUT2D eigenvalue weighted by atomic mass is 10.9. The van der Waals surface area contributed by atoms with E-state index in [4.69, 9.17) is 0 Å². The van der Waals surface area contributed by atoms with Crippen LogP contribution in [-0.2, 0) is 0 Å². The van der Waals surface area contributed by atoms with Crippen LogP contribution in [0.1, 0.15) is 0 Å². The van der Waals surface area contributed by atoms with Gasteiger partial charge in [0.15, 0.2) is 0 Å². The molecule has 1 rings (SSSR count). The smallest absolute Gasteiger partial charge is 0.260 e. The van der Waals surface area contributed by atoms with Crippen molar-refractivity contribution in [3.05, 3.63) is 0 Å². The number of rotatable bonds is 0. The number of nitrogens with zero attached hydrogens (tertiary/aromatic N) is 2. The Bertz CT molecular complexity index is 134. The average molecular weight is 130 g/mol. The number of hydrazone groups is 1. The molecule has 1 aliphatic heterocycles. The Labute approximate surface area is 51.7 Å². The Morgan fingerprint density at radius 1 is 2.00 bits per heavy atom. The second-order valence-electron chi connectivity index (χ2n) is 1.40. The summed E-state index contributed by atoms with van der Waals surface area (Å²) in [7, 11) is 1.64. The van der Waals surface area contributed by atoms with Crippen LogP contribution >= 0.6 is 11.8 Å². The third kappa shape index (κ3) is 1.01. The summed E-state index contributed by atoms with van der Waals surface area (Å²) in [5, 5.41) is 5.10. The molecule has 4 heteroatoms. The molecule has 3 nitrogen and oxygen atoms in total. The molecule has 0 N–H and O–H groups in total. The third-order valence-corrected chi connectivity index (χ3v) is 1.63. The van der Waals surface area contributed by atoms with Crippen LogP contribution in [0.15, 0.2) is 5.10 Å². The van der Waals surface area contributed by atoms with Crippen molar-refractivity contribution in [3.63, 3.8) is 0 Å². The Morgan fingerprint density at radius 3 is 3.12 bits per heavy atom. The fourth-order valence-corrected chi connectivity index (χ4v) is 0.923. The largest absolute Gasteiger partial charge is 0.301 e. The van der Waals surface area contributed by atoms with Crippen molar-refractivity contribution in [2.24, 2.45) is 5.10 Å². The van der Waals surface area contributed by atoms with E-state index in [2.05, 4.69) is 5.10 Å². The Morgan fingerprint density at radius 2 is 2.75 bits per heavy atom. The van der Waals surface area contributed by atoms with Crippen LogP contribution in [0, 0.1) is 0 Å². The predicted molar refractivity (Wildman–Crippen MR) is 34.1 cm³/mol. The van der Waals surface area contributed by atoms with E-state index >= 15 is 0 Å². The molecule has 44 valence electrons. The first-order valence-corrected chi connectivity index (χ1v) is 3.22. The van der Waals surface area contributed by atoms with E-state index in [9.17, 15) is 4.79 Å². The Hall–Kier alpha value is -0.510. The minimum Gasteiger partial charge on any atom is -0.260 e. The van der Waals surface area contributed by atoms with Crippen LogP contribution in [0.3, 0.4) is 0 Å². The summed E-state index contributed by atoms with van der Waals surface area (Å²) in [6.45, 7) is 0. The third-order valence-electron chi connectivity index (χ3n) is 0.800. The van der Waals surface area contributed by atoms with Gasteiger partial charge in [-0.2, -0.15) is 5.10 Å². The van der Waals surface area contributed by atoms with Gasteiger partial charge < -0.3 is 0 Å². The highest BCUT2D eigenvalue weighted by Crippen LogP contribution is 2.09. The number of hydrogen-bond acceptors (Lipinski definition) is 3. The first kappa shape index (κ1) is 5.62. The monoisotopic (exact) mass is 130 g/mol. The van der Waals surface area contributed by atoms with Crippen molar-refractivity contribution >= 4 is 23.2 Å². The number of thioether (sulfide) groups is 1. The van der Waals surface area contributed by atoms with Crippen LogP contribution in [0.2, 0.25) is 0 Å². The van der Waals surface area contributed by atoms with Gasteiger partial charge in [0.25, 0.3) is 0 Å². The van der Waals surface area contributed by atoms with E-state index in [-0.39, 0.29) is 5.24 Å². The zero-order valence-electron chi connectivity index (χ0n) is 4.50. The van der Waals surface area contributed by atoms with E-state index in [0.29, 0.717) is 5.75 Å². The molecule has 0 spiro atoms. The summed E-state index contributed by atoms with van der Waals surface area (Å²) < 4.78 is 0. The van der Waals surface area contributed by atoms with Gasteiger partial charge in [-0.15, -0.1) is 0 Å². The van der Waals surface area contributed by atoms with E-state index in [1.165, 1.54) is 16.8 Å². The molecule has 0 radical (unpaired) electrons. The average Bonchev–Trinajstić information content (AvgIpc) is 1.77. The summed E-state index contributed by atoms with van der Waals surface area (Å²) >= 11 is 1.26. The maximum atomic E-state index is 10.6. The van der Waals surface area contributed by atoms with Crippen LogP contribution in [0.5, 0.6) is 0 Å². The summed E-state index contributed by atoms with van der Waals surface area (Å²) in [5.41, 5.74) is 0. The molecule has 0 aromatic rings. The molecule has 0 fully saturated rings. The van der Waals surface area contributed by atoms with Crippen molar-refractivity contribution in [1.82, 2.24) is 5.01 Å². The first-order valence-electron chi connectivity index (χ1n) is 2.23. The maximum Gasteiger partial charge on any atom is 0.301 e. The van der Waals surface area contributed by atoms with Crippen LogP contribution in [-0.4, -0.2) is 29.3 Å². The first-order chi connectivity index (χ1) is 3.80. The van der Waals surface area contributed by atoms with Gasteiger partial charge in [-0.1, -0.05) is 11.8 Å². The Kier molecular flexibility index (Phi) is 1.53. The molecule has 0 bridgehead atoms. The molecule has 0 unspecified atom stereocenters. The fourth-order valence-electron chi connectivity index (χ4n) is 0.405. The van der Waals surface area contributed by atoms with E-state index < -0.39 is 0 Å². The topological polar surface area (TPSA) is 32.7 Å². The molecular formula is C4H6N2OS. The normalized spacial score (nSPS) is 19.6. The zero-order chi connectivity index (χ0) is 5.98. The second kappa shape index (κ2) is 2.17. The lowest BCUT2D eigenvalue weighted by Gasteiger charge is -2.12. The van der Waals surface area contributed by atoms with Crippen molar-refractivity contribution in [3.8, 4) is 0 Å². The number of carbonyl (C=O) groups is 1. The second-order valence-corrected chi connectivity index (χ2v) is 2.37. The molecule has 1 heterocycles. The van der Waals surface area contributed by atoms with Crippen LogP contribution in [0.25, 0.3) is 0 Å². The van der Waals surface area contributed by atoms with E-state index in [0.717, 1.165) is 0 Å². The van der Waals surface area contributed by atoms with Gasteiger partial charge >= 0.3 is 5.24 Å². The van der Waals surface area contributed by atoms with E-state index in [1.54, 1.807) is 13.3 Å². The van der Waals surface area contributed by atoms with Crippen LogP contribution < -0.4 is 0 Å². The molecule has 0 saturated carbocycles. The number of carbonyl (C=O) groups excluding carboxylic acids is 1. The molecule has 8 heavy (non-hydrogen) atoms. The number of amides is 1. The Balaban J connectivity index is 2.60. The molecule has 0 aromatic carbocycles. The fraction of sp³-hybridized carbons (Fsp3) is 0.500. The summed E-state index contributed by atoms with van der Waals surface area (Å²) in [6.07, 6.45) is 1.71. The van der Waals surface area contributed by atoms with E-state index in [1.807, 2.05) is 0 Å². The lowest BCUT2D eigenvalue weighted by Crippen LogP contribution is -2.20. The van der Waals surface area contributed by atoms with Crippen molar-refractivity contribution < 1.29 is 4.79 Å². The summed E-state index contributed by atoms with van der Waals surface area (Å²) in [5.74, 6) is 0.711. The molecular weight excluding hydrogens is 124 g/mol. The lowest BCUT2D eigenvalue weighted by molar-refractivity contribution is 0.235. The van der Waals surface area contributed by atoms with Gasteiger partial charge in [-0.05, 0) is 0 Å². The number of hydrogen-bond donors (Lipinski definition) is 0. The van der Waals surface area contributed by atoms with Crippen molar-refractivity contribution in [2.75, 3.05) is 12.8 Å². The van der Waals surface area contributed by atoms with Gasteiger partial charge in [-0.25, -0.2) is 5.01 Å². The predicted octanol–water partition coefficient (Wildman–Crippen LogP) is 0.771. The standard InChI is InChI=1S/C4H6N2OS/c1-6-4(7)8-3-2-5-6/h2H,3H2,1H3. The zero-order valence-corrected chi connectivity index (χ0v) is 5.31. The molecule has 0 aromatic heterocycles. The van der Waals surface area contributed by atoms with Crippen molar-refractivity contribution in [2.45, 2.75) is 0 Å². The molecule has 0 aliphatic carbocycles. The molecule has 1 aliphatic rings. The quantitative estimate of drug-likeness (QED) is 0.485. The van der Waals surface area contributed by atoms with Gasteiger partial charge in [0.2, 0.25) is 0 Å². The molecule has 0 atom stereocenters. The summed E-state index contributed by atoms with van der Waals surface area (Å²) in [6, 6.07) is 0. The highest BCUT2D eigenvalue weighted by molar-refractivity contribution is 8.14.